The maximum atomic E-state index is 12.8. The van der Waals surface area contributed by atoms with E-state index < -0.39 is 11.7 Å². The molecule has 0 unspecified atom stereocenters. The molecule has 2 aliphatic rings. The van der Waals surface area contributed by atoms with Crippen LogP contribution >= 0.6 is 0 Å². The smallest absolute Gasteiger partial charge is 0.416 e. The molecule has 0 bridgehead atoms. The lowest BCUT2D eigenvalue weighted by Gasteiger charge is -2.11. The Morgan fingerprint density at radius 1 is 0.769 bits per heavy atom. The zero-order valence-corrected chi connectivity index (χ0v) is 13.6. The van der Waals surface area contributed by atoms with Crippen LogP contribution in [0, 0.1) is 0 Å². The average molecular weight is 361 g/mol. The summed E-state index contributed by atoms with van der Waals surface area (Å²) in [6.45, 7) is 2.06. The lowest BCUT2D eigenvalue weighted by atomic mass is 10.0. The van der Waals surface area contributed by atoms with Gasteiger partial charge in [0.15, 0.2) is 0 Å². The van der Waals surface area contributed by atoms with E-state index in [2.05, 4.69) is 15.0 Å². The molecule has 1 aromatic carbocycles. The molecule has 2 aromatic rings. The highest BCUT2D eigenvalue weighted by Gasteiger charge is 2.30. The molecule has 0 saturated heterocycles. The molecule has 26 heavy (non-hydrogen) atoms. The van der Waals surface area contributed by atoms with Crippen molar-refractivity contribution in [2.24, 2.45) is 9.98 Å². The zero-order valence-electron chi connectivity index (χ0n) is 13.6. The second-order valence-electron chi connectivity index (χ2n) is 5.77. The van der Waals surface area contributed by atoms with Gasteiger partial charge >= 0.3 is 6.18 Å². The third kappa shape index (κ3) is 3.26. The fraction of sp³-hybridized carbons (Fsp3) is 0.278. The lowest BCUT2D eigenvalue weighted by Crippen LogP contribution is -2.11. The highest BCUT2D eigenvalue weighted by atomic mass is 19.4. The van der Waals surface area contributed by atoms with Crippen LogP contribution < -0.4 is 0 Å². The number of benzene rings is 1. The van der Waals surface area contributed by atoms with Gasteiger partial charge in [0, 0.05) is 0 Å². The highest BCUT2D eigenvalue weighted by molar-refractivity contribution is 5.98. The number of hydrogen-bond acceptors (Lipinski definition) is 5. The molecule has 0 fully saturated rings. The van der Waals surface area contributed by atoms with Crippen molar-refractivity contribution in [3.63, 3.8) is 0 Å². The molecular weight excluding hydrogens is 347 g/mol. The fourth-order valence-corrected chi connectivity index (χ4v) is 2.75. The Kier molecular flexibility index (Phi) is 4.10. The second-order valence-corrected chi connectivity index (χ2v) is 5.77. The van der Waals surface area contributed by atoms with Crippen molar-refractivity contribution in [1.82, 2.24) is 4.98 Å². The minimum Gasteiger partial charge on any atom is -0.474 e. The van der Waals surface area contributed by atoms with E-state index in [-0.39, 0.29) is 0 Å². The first-order valence-corrected chi connectivity index (χ1v) is 8.06. The number of aromatic nitrogens is 1. The van der Waals surface area contributed by atoms with Crippen molar-refractivity contribution in [2.75, 3.05) is 26.3 Å². The minimum atomic E-state index is -4.37. The van der Waals surface area contributed by atoms with Crippen molar-refractivity contribution in [1.29, 1.82) is 0 Å². The van der Waals surface area contributed by atoms with Crippen molar-refractivity contribution in [3.05, 3.63) is 53.3 Å². The molecule has 0 spiro atoms. The maximum absolute atomic E-state index is 12.8. The Morgan fingerprint density at radius 2 is 1.31 bits per heavy atom. The molecule has 8 heteroatoms. The lowest BCUT2D eigenvalue weighted by molar-refractivity contribution is -0.137. The molecule has 0 amide bonds. The molecule has 0 atom stereocenters. The van der Waals surface area contributed by atoms with Gasteiger partial charge in [-0.05, 0) is 35.4 Å². The van der Waals surface area contributed by atoms with Crippen molar-refractivity contribution >= 4 is 11.8 Å². The molecule has 5 nitrogen and oxygen atoms in total. The number of rotatable bonds is 3. The highest BCUT2D eigenvalue weighted by Crippen LogP contribution is 2.31. The van der Waals surface area contributed by atoms with Crippen molar-refractivity contribution in [2.45, 2.75) is 6.18 Å². The average Bonchev–Trinajstić information content (AvgIpc) is 3.34. The zero-order chi connectivity index (χ0) is 18.1. The molecule has 134 valence electrons. The van der Waals surface area contributed by atoms with Gasteiger partial charge in [-0.3, -0.25) is 0 Å². The largest absolute Gasteiger partial charge is 0.474 e. The second kappa shape index (κ2) is 6.44. The summed E-state index contributed by atoms with van der Waals surface area (Å²) in [5.74, 6) is 0.831. The third-order valence-corrected chi connectivity index (χ3v) is 3.98. The van der Waals surface area contributed by atoms with E-state index in [1.165, 1.54) is 12.1 Å². The molecule has 4 rings (SSSR count). The molecule has 0 radical (unpaired) electrons. The van der Waals surface area contributed by atoms with Gasteiger partial charge in [-0.15, -0.1) is 0 Å². The van der Waals surface area contributed by atoms with E-state index in [4.69, 9.17) is 9.47 Å². The van der Waals surface area contributed by atoms with Crippen LogP contribution in [0.2, 0.25) is 0 Å². The summed E-state index contributed by atoms with van der Waals surface area (Å²) >= 11 is 0. The van der Waals surface area contributed by atoms with Crippen LogP contribution in [0.25, 0.3) is 11.1 Å². The van der Waals surface area contributed by atoms with Gasteiger partial charge in [-0.25, -0.2) is 15.0 Å². The number of halogens is 3. The van der Waals surface area contributed by atoms with Crippen LogP contribution in [0.1, 0.15) is 17.0 Å². The van der Waals surface area contributed by atoms with Crippen LogP contribution in [-0.2, 0) is 15.7 Å². The quantitative estimate of drug-likeness (QED) is 0.843. The summed E-state index contributed by atoms with van der Waals surface area (Å²) in [7, 11) is 0. The van der Waals surface area contributed by atoms with E-state index in [1.807, 2.05) is 0 Å². The fourth-order valence-electron chi connectivity index (χ4n) is 2.75. The van der Waals surface area contributed by atoms with E-state index in [1.54, 1.807) is 12.1 Å². The molecule has 0 N–H and O–H groups in total. The summed E-state index contributed by atoms with van der Waals surface area (Å²) in [6, 6.07) is 8.46. The van der Waals surface area contributed by atoms with Gasteiger partial charge in [0.05, 0.1) is 18.7 Å². The van der Waals surface area contributed by atoms with Gasteiger partial charge in [0.2, 0.25) is 11.8 Å². The van der Waals surface area contributed by atoms with Gasteiger partial charge in [0.1, 0.15) is 24.6 Å². The SMILES string of the molecule is FC(F)(F)c1ccc(-c2cc(C3=NCCO3)nc(C3=NCCO3)c2)cc1. The number of nitrogens with zero attached hydrogens (tertiary/aromatic N) is 3. The Balaban J connectivity index is 1.77. The van der Waals surface area contributed by atoms with E-state index in [0.717, 1.165) is 12.1 Å². The molecule has 0 aliphatic carbocycles. The van der Waals surface area contributed by atoms with Gasteiger partial charge in [0.25, 0.3) is 0 Å². The molecule has 2 aliphatic heterocycles. The van der Waals surface area contributed by atoms with Crippen molar-refractivity contribution < 1.29 is 22.6 Å². The Labute approximate surface area is 147 Å². The minimum absolute atomic E-state index is 0.415. The predicted octanol–water partition coefficient (Wildman–Crippen LogP) is 3.32. The Bertz CT molecular complexity index is 847. The number of hydrogen-bond donors (Lipinski definition) is 0. The van der Waals surface area contributed by atoms with Gasteiger partial charge in [-0.2, -0.15) is 13.2 Å². The third-order valence-electron chi connectivity index (χ3n) is 3.98. The maximum Gasteiger partial charge on any atom is 0.416 e. The predicted molar refractivity (Wildman–Crippen MR) is 89.4 cm³/mol. The summed E-state index contributed by atoms with van der Waals surface area (Å²) in [4.78, 5) is 13.0. The van der Waals surface area contributed by atoms with E-state index in [0.29, 0.717) is 60.6 Å². The van der Waals surface area contributed by atoms with Crippen LogP contribution in [0.4, 0.5) is 13.2 Å². The van der Waals surface area contributed by atoms with Crippen LogP contribution in [0.3, 0.4) is 0 Å². The number of pyridine rings is 1. The molecule has 0 saturated carbocycles. The summed E-state index contributed by atoms with van der Waals surface area (Å²) < 4.78 is 49.3. The topological polar surface area (TPSA) is 56.1 Å². The summed E-state index contributed by atoms with van der Waals surface area (Å²) in [5, 5.41) is 0. The van der Waals surface area contributed by atoms with Crippen LogP contribution in [0.15, 0.2) is 46.4 Å². The van der Waals surface area contributed by atoms with E-state index >= 15 is 0 Å². The summed E-state index contributed by atoms with van der Waals surface area (Å²) in [5.41, 5.74) is 1.64. The van der Waals surface area contributed by atoms with Gasteiger partial charge in [-0.1, -0.05) is 12.1 Å². The first-order chi connectivity index (χ1) is 12.5. The molecular formula is C18H14F3N3O2. The number of alkyl halides is 3. The summed E-state index contributed by atoms with van der Waals surface area (Å²) in [6.07, 6.45) is -4.37. The monoisotopic (exact) mass is 361 g/mol. The normalized spacial score (nSPS) is 16.7. The number of aliphatic imine (C=N–C) groups is 2. The Morgan fingerprint density at radius 3 is 1.73 bits per heavy atom. The molecule has 3 heterocycles. The standard InChI is InChI=1S/C18H14F3N3O2/c19-18(20,21)13-3-1-11(2-4-13)12-9-14(16-22-5-7-25-16)24-15(10-12)17-23-6-8-26-17/h1-4,9-10H,5-8H2. The Hall–Kier alpha value is -2.90. The van der Waals surface area contributed by atoms with Crippen LogP contribution in [0.5, 0.6) is 0 Å². The van der Waals surface area contributed by atoms with Crippen molar-refractivity contribution in [3.8, 4) is 11.1 Å². The number of ether oxygens (including phenoxy) is 2. The van der Waals surface area contributed by atoms with Gasteiger partial charge < -0.3 is 9.47 Å². The molecule has 1 aromatic heterocycles. The first-order valence-electron chi connectivity index (χ1n) is 8.06. The van der Waals surface area contributed by atoms with Crippen LogP contribution in [-0.4, -0.2) is 43.1 Å². The van der Waals surface area contributed by atoms with E-state index in [9.17, 15) is 13.2 Å². The first kappa shape index (κ1) is 16.6.